The minimum atomic E-state index is 0.223. The Morgan fingerprint density at radius 1 is 0.871 bits per heavy atom. The number of hydrogen-bond acceptors (Lipinski definition) is 4. The third kappa shape index (κ3) is 7.18. The Balaban J connectivity index is 0.000000176. The van der Waals surface area contributed by atoms with E-state index in [0.29, 0.717) is 12.0 Å². The predicted molar refractivity (Wildman–Crippen MR) is 128 cm³/mol. The number of nitrogens with one attached hydrogen (secondary N) is 2. The van der Waals surface area contributed by atoms with Gasteiger partial charge in [0, 0.05) is 12.4 Å². The fraction of sp³-hybridized carbons (Fsp3) is 0.760. The molecule has 6 nitrogen and oxygen atoms in total. The summed E-state index contributed by atoms with van der Waals surface area (Å²) < 4.78 is 4.35. The summed E-state index contributed by atoms with van der Waals surface area (Å²) in [5.41, 5.74) is 2.97. The van der Waals surface area contributed by atoms with Crippen LogP contribution in [0, 0.1) is 11.8 Å². The summed E-state index contributed by atoms with van der Waals surface area (Å²) >= 11 is 0. The standard InChI is InChI=1S/C13H23N3.C12H21N3/c1-11(2)8-12-9-15-16(10-12)13(3)4-6-14-7-5-13;1-10(2)7-11-8-14-15(9-11)12-3-5-13-6-4-12/h9-11,14H,4-8H2,1-3H3;8-10,12-13H,3-7H2,1-2H3. The molecular weight excluding hydrogens is 384 g/mol. The molecule has 0 saturated carbocycles. The zero-order chi connectivity index (χ0) is 22.3. The molecule has 4 rings (SSSR count). The van der Waals surface area contributed by atoms with Crippen LogP contribution in [0.1, 0.15) is 77.5 Å². The molecule has 0 unspecified atom stereocenters. The van der Waals surface area contributed by atoms with Crippen molar-refractivity contribution in [1.82, 2.24) is 30.2 Å². The van der Waals surface area contributed by atoms with Crippen molar-refractivity contribution in [1.29, 1.82) is 0 Å². The molecule has 2 aliphatic heterocycles. The van der Waals surface area contributed by atoms with Gasteiger partial charge < -0.3 is 10.6 Å². The summed E-state index contributed by atoms with van der Waals surface area (Å²) in [4.78, 5) is 0. The van der Waals surface area contributed by atoms with Crippen molar-refractivity contribution < 1.29 is 0 Å². The summed E-state index contributed by atoms with van der Waals surface area (Å²) in [6.45, 7) is 15.8. The first-order chi connectivity index (χ1) is 14.9. The molecule has 2 fully saturated rings. The lowest BCUT2D eigenvalue weighted by Crippen LogP contribution is -2.42. The van der Waals surface area contributed by atoms with Crippen molar-refractivity contribution in [2.45, 2.75) is 84.7 Å². The molecule has 0 spiro atoms. The minimum Gasteiger partial charge on any atom is -0.317 e. The Labute approximate surface area is 189 Å². The summed E-state index contributed by atoms with van der Waals surface area (Å²) in [6.07, 6.45) is 15.6. The molecular formula is C25H44N6. The number of nitrogens with zero attached hydrogens (tertiary/aromatic N) is 4. The van der Waals surface area contributed by atoms with Gasteiger partial charge in [-0.05, 0) is 94.6 Å². The number of piperidine rings is 2. The molecule has 4 heterocycles. The van der Waals surface area contributed by atoms with Gasteiger partial charge in [0.1, 0.15) is 0 Å². The Kier molecular flexibility index (Phi) is 8.73. The van der Waals surface area contributed by atoms with E-state index >= 15 is 0 Å². The lowest BCUT2D eigenvalue weighted by atomic mass is 9.91. The first-order valence-electron chi connectivity index (χ1n) is 12.3. The Bertz CT molecular complexity index is 763. The second-order valence-electron chi connectivity index (χ2n) is 10.5. The average molecular weight is 429 g/mol. The van der Waals surface area contributed by atoms with E-state index in [4.69, 9.17) is 0 Å². The smallest absolute Gasteiger partial charge is 0.0623 e. The van der Waals surface area contributed by atoms with Crippen molar-refractivity contribution in [3.63, 3.8) is 0 Å². The highest BCUT2D eigenvalue weighted by atomic mass is 15.3. The van der Waals surface area contributed by atoms with E-state index in [2.05, 4.69) is 77.2 Å². The molecule has 2 aliphatic rings. The van der Waals surface area contributed by atoms with Crippen molar-refractivity contribution in [3.8, 4) is 0 Å². The first-order valence-corrected chi connectivity index (χ1v) is 12.3. The summed E-state index contributed by atoms with van der Waals surface area (Å²) in [7, 11) is 0. The highest BCUT2D eigenvalue weighted by Gasteiger charge is 2.29. The lowest BCUT2D eigenvalue weighted by molar-refractivity contribution is 0.209. The van der Waals surface area contributed by atoms with Gasteiger partial charge in [-0.15, -0.1) is 0 Å². The van der Waals surface area contributed by atoms with Crippen LogP contribution in [0.4, 0.5) is 0 Å². The molecule has 174 valence electrons. The van der Waals surface area contributed by atoms with Crippen LogP contribution in [0.3, 0.4) is 0 Å². The second-order valence-corrected chi connectivity index (χ2v) is 10.5. The van der Waals surface area contributed by atoms with Crippen LogP contribution in [0.15, 0.2) is 24.8 Å². The fourth-order valence-corrected chi connectivity index (χ4v) is 4.65. The molecule has 2 saturated heterocycles. The van der Waals surface area contributed by atoms with E-state index in [-0.39, 0.29) is 5.54 Å². The third-order valence-corrected chi connectivity index (χ3v) is 6.50. The van der Waals surface area contributed by atoms with Crippen LogP contribution < -0.4 is 10.6 Å². The minimum absolute atomic E-state index is 0.223. The SMILES string of the molecule is CC(C)Cc1cnn(C2(C)CCNCC2)c1.CC(C)Cc1cnn(C2CCNCC2)c1. The Morgan fingerprint density at radius 3 is 2.03 bits per heavy atom. The quantitative estimate of drug-likeness (QED) is 0.724. The van der Waals surface area contributed by atoms with Gasteiger partial charge in [0.05, 0.1) is 24.0 Å². The van der Waals surface area contributed by atoms with Gasteiger partial charge in [-0.1, -0.05) is 27.7 Å². The number of hydrogen-bond donors (Lipinski definition) is 2. The molecule has 31 heavy (non-hydrogen) atoms. The van der Waals surface area contributed by atoms with E-state index < -0.39 is 0 Å². The van der Waals surface area contributed by atoms with E-state index in [1.54, 1.807) is 0 Å². The van der Waals surface area contributed by atoms with Gasteiger partial charge in [-0.2, -0.15) is 10.2 Å². The monoisotopic (exact) mass is 428 g/mol. The van der Waals surface area contributed by atoms with E-state index in [1.807, 2.05) is 12.4 Å². The van der Waals surface area contributed by atoms with Gasteiger partial charge in [0.25, 0.3) is 0 Å². The van der Waals surface area contributed by atoms with Gasteiger partial charge in [-0.25, -0.2) is 0 Å². The third-order valence-electron chi connectivity index (χ3n) is 6.50. The van der Waals surface area contributed by atoms with Crippen molar-refractivity contribution >= 4 is 0 Å². The molecule has 0 aliphatic carbocycles. The topological polar surface area (TPSA) is 59.7 Å². The van der Waals surface area contributed by atoms with Crippen LogP contribution in [-0.2, 0) is 18.4 Å². The molecule has 2 aromatic heterocycles. The Morgan fingerprint density at radius 2 is 1.42 bits per heavy atom. The predicted octanol–water partition coefficient (Wildman–Crippen LogP) is 4.19. The van der Waals surface area contributed by atoms with Crippen molar-refractivity contribution in [3.05, 3.63) is 35.9 Å². The molecule has 2 N–H and O–H groups in total. The average Bonchev–Trinajstić information content (AvgIpc) is 3.39. The molecule has 0 bridgehead atoms. The molecule has 0 radical (unpaired) electrons. The Hall–Kier alpha value is -1.66. The summed E-state index contributed by atoms with van der Waals surface area (Å²) in [6, 6.07) is 0.618. The van der Waals surface area contributed by atoms with Gasteiger partial charge >= 0.3 is 0 Å². The highest BCUT2D eigenvalue weighted by molar-refractivity contribution is 5.07. The van der Waals surface area contributed by atoms with E-state index in [0.717, 1.165) is 44.9 Å². The maximum absolute atomic E-state index is 4.55. The fourth-order valence-electron chi connectivity index (χ4n) is 4.65. The number of rotatable bonds is 6. The normalized spacial score (nSPS) is 19.5. The molecule has 0 atom stereocenters. The second kappa shape index (κ2) is 11.3. The molecule has 0 amide bonds. The van der Waals surface area contributed by atoms with Crippen LogP contribution >= 0.6 is 0 Å². The van der Waals surface area contributed by atoms with E-state index in [1.165, 1.54) is 36.8 Å². The zero-order valence-electron chi connectivity index (χ0n) is 20.4. The van der Waals surface area contributed by atoms with Gasteiger partial charge in [0.15, 0.2) is 0 Å². The van der Waals surface area contributed by atoms with Gasteiger partial charge in [0.2, 0.25) is 0 Å². The first kappa shape index (κ1) is 24.0. The van der Waals surface area contributed by atoms with Crippen molar-refractivity contribution in [2.75, 3.05) is 26.2 Å². The van der Waals surface area contributed by atoms with E-state index in [9.17, 15) is 0 Å². The van der Waals surface area contributed by atoms with Crippen LogP contribution in [0.2, 0.25) is 0 Å². The maximum Gasteiger partial charge on any atom is 0.0623 e. The summed E-state index contributed by atoms with van der Waals surface area (Å²) in [5, 5.41) is 15.8. The molecule has 0 aromatic carbocycles. The van der Waals surface area contributed by atoms with Crippen molar-refractivity contribution in [2.24, 2.45) is 11.8 Å². The van der Waals surface area contributed by atoms with Crippen LogP contribution in [0.25, 0.3) is 0 Å². The van der Waals surface area contributed by atoms with Crippen LogP contribution in [0.5, 0.6) is 0 Å². The highest BCUT2D eigenvalue weighted by Crippen LogP contribution is 2.26. The van der Waals surface area contributed by atoms with Gasteiger partial charge in [-0.3, -0.25) is 9.36 Å². The number of aromatic nitrogens is 4. The molecule has 6 heteroatoms. The summed E-state index contributed by atoms with van der Waals surface area (Å²) in [5.74, 6) is 1.43. The zero-order valence-corrected chi connectivity index (χ0v) is 20.4. The largest absolute Gasteiger partial charge is 0.317 e. The molecule has 2 aromatic rings. The lowest BCUT2D eigenvalue weighted by Gasteiger charge is -2.34. The maximum atomic E-state index is 4.55. The van der Waals surface area contributed by atoms with Crippen LogP contribution in [-0.4, -0.2) is 45.7 Å².